The van der Waals surface area contributed by atoms with Crippen LogP contribution in [0.15, 0.2) is 0 Å². The molecule has 68 heavy (non-hydrogen) atoms. The lowest BCUT2D eigenvalue weighted by Gasteiger charge is -2.25. The maximum absolute atomic E-state index is 12.7. The average Bonchev–Trinajstić information content (AvgIpc) is 3.32. The molecule has 18 nitrogen and oxygen atoms in total. The number of carbonyl (C=O) groups excluding carboxylic acids is 3. The number of alkyl carbamates (subject to hydrolysis) is 1. The number of esters is 2. The summed E-state index contributed by atoms with van der Waals surface area (Å²) in [7, 11) is -3.25. The highest BCUT2D eigenvalue weighted by atomic mass is 31.2. The van der Waals surface area contributed by atoms with Crippen LogP contribution in [-0.2, 0) is 70.6 Å². The first-order valence-corrected chi connectivity index (χ1v) is 27.5. The number of hydrogen-bond acceptors (Lipinski definition) is 17. The van der Waals surface area contributed by atoms with Gasteiger partial charge in [0.05, 0.1) is 99.1 Å². The Morgan fingerprint density at radius 1 is 0.441 bits per heavy atom. The molecule has 2 atom stereocenters. The van der Waals surface area contributed by atoms with Crippen molar-refractivity contribution in [3.05, 3.63) is 0 Å². The van der Waals surface area contributed by atoms with E-state index in [1.807, 2.05) is 0 Å². The molecule has 0 fully saturated rings. The Hall–Kier alpha value is -1.96. The number of nitrogens with one attached hydrogen (secondary N) is 1. The van der Waals surface area contributed by atoms with E-state index in [2.05, 4.69) is 19.2 Å². The van der Waals surface area contributed by atoms with E-state index in [4.69, 9.17) is 56.4 Å². The normalized spacial score (nSPS) is 12.8. The zero-order valence-corrected chi connectivity index (χ0v) is 43.6. The summed E-state index contributed by atoms with van der Waals surface area (Å²) in [6, 6.07) is 0. The maximum Gasteiger partial charge on any atom is 0.407 e. The first kappa shape index (κ1) is 66.0. The zero-order valence-electron chi connectivity index (χ0n) is 42.7. The van der Waals surface area contributed by atoms with Crippen molar-refractivity contribution in [2.45, 2.75) is 174 Å². The number of methoxy groups -OCH3 is 1. The minimum absolute atomic E-state index is 0.0323. The van der Waals surface area contributed by atoms with Gasteiger partial charge in [-0.1, -0.05) is 142 Å². The third-order valence-corrected chi connectivity index (χ3v) is 11.5. The number of phosphoric ester groups is 1. The number of rotatable bonds is 55. The van der Waals surface area contributed by atoms with E-state index in [1.165, 1.54) is 89.9 Å². The number of amides is 1. The van der Waals surface area contributed by atoms with Crippen LogP contribution in [0.4, 0.5) is 4.79 Å². The van der Waals surface area contributed by atoms with Crippen LogP contribution in [-0.4, -0.2) is 150 Å². The highest BCUT2D eigenvalue weighted by molar-refractivity contribution is 7.45. The van der Waals surface area contributed by atoms with Gasteiger partial charge in [0.25, 0.3) is 7.82 Å². The van der Waals surface area contributed by atoms with Gasteiger partial charge in [0.1, 0.15) is 13.2 Å². The van der Waals surface area contributed by atoms with Gasteiger partial charge in [-0.05, 0) is 12.8 Å². The molecule has 1 unspecified atom stereocenters. The fraction of sp³-hybridized carbons (Fsp3) is 0.939. The molecule has 0 bridgehead atoms. The highest BCUT2D eigenvalue weighted by Crippen LogP contribution is 2.38. The molecule has 0 spiro atoms. The standard InChI is InChI=1S/C49H96NO17P/c1-4-6-8-10-12-14-16-18-20-22-24-26-47(51)64-44-46(67-48(52)27-25-23-21-19-17-15-13-11-9-7-5-2)45-66-68(54,55)65-29-28-50-49(53)63-43-42-62-41-40-61-39-38-60-37-36-59-35-34-58-33-32-57-31-30-56-3/h46H,4-45H2,1-3H3,(H,50,53)(H,54,55)/p-1/t46-/m1/s1. The molecule has 19 heteroatoms. The van der Waals surface area contributed by atoms with Crippen molar-refractivity contribution in [2.24, 2.45) is 0 Å². The third-order valence-electron chi connectivity index (χ3n) is 10.5. The smallest absolute Gasteiger partial charge is 0.407 e. The predicted octanol–water partition coefficient (Wildman–Crippen LogP) is 8.82. The SMILES string of the molecule is CCCCCCCCCCCCCC(=O)OC[C@H](COP(=O)([O-])OCCNC(=O)OCCOCCOCCOCCOCCOCCOCCOC)OC(=O)CCCCCCCCCCCCC. The van der Waals surface area contributed by atoms with Crippen LogP contribution in [0.1, 0.15) is 168 Å². The minimum Gasteiger partial charge on any atom is -0.756 e. The topological polar surface area (TPSA) is 214 Å². The summed E-state index contributed by atoms with van der Waals surface area (Å²) in [4.78, 5) is 49.8. The van der Waals surface area contributed by atoms with Gasteiger partial charge >= 0.3 is 18.0 Å². The lowest BCUT2D eigenvalue weighted by molar-refractivity contribution is -0.228. The Morgan fingerprint density at radius 3 is 1.22 bits per heavy atom. The molecule has 0 aromatic heterocycles. The third kappa shape index (κ3) is 51.9. The van der Waals surface area contributed by atoms with Crippen molar-refractivity contribution < 1.29 is 80.3 Å². The monoisotopic (exact) mass is 1000 g/mol. The molecule has 0 heterocycles. The van der Waals surface area contributed by atoms with Crippen molar-refractivity contribution in [1.29, 1.82) is 0 Å². The van der Waals surface area contributed by atoms with Crippen LogP contribution < -0.4 is 10.2 Å². The lowest BCUT2D eigenvalue weighted by atomic mass is 10.1. The fourth-order valence-corrected chi connectivity index (χ4v) is 7.33. The second-order valence-electron chi connectivity index (χ2n) is 16.7. The molecule has 404 valence electrons. The van der Waals surface area contributed by atoms with Crippen LogP contribution >= 0.6 is 7.82 Å². The summed E-state index contributed by atoms with van der Waals surface area (Å²) in [6.07, 6.45) is 23.7. The Labute approximate surface area is 410 Å². The minimum atomic E-state index is -4.87. The largest absolute Gasteiger partial charge is 0.756 e. The predicted molar refractivity (Wildman–Crippen MR) is 259 cm³/mol. The Balaban J connectivity index is 4.27. The van der Waals surface area contributed by atoms with Gasteiger partial charge < -0.3 is 66.6 Å². The summed E-state index contributed by atoms with van der Waals surface area (Å²) in [6.45, 7) is 8.38. The Bertz CT molecular complexity index is 1160. The van der Waals surface area contributed by atoms with E-state index in [1.54, 1.807) is 7.11 Å². The summed E-state index contributed by atoms with van der Waals surface area (Å²) in [5.41, 5.74) is 0. The molecule has 1 N–H and O–H groups in total. The van der Waals surface area contributed by atoms with Crippen molar-refractivity contribution in [2.75, 3.05) is 126 Å². The summed E-state index contributed by atoms with van der Waals surface area (Å²) in [5, 5.41) is 2.38. The number of ether oxygens (including phenoxy) is 10. The van der Waals surface area contributed by atoms with E-state index < -0.39 is 45.2 Å². The zero-order chi connectivity index (χ0) is 49.7. The number of phosphoric acid groups is 1. The molecular formula is C49H95NO17P-. The molecule has 0 aromatic rings. The number of carbonyl (C=O) groups is 3. The number of unbranched alkanes of at least 4 members (excludes halogenated alkanes) is 20. The van der Waals surface area contributed by atoms with Crippen molar-refractivity contribution in [3.8, 4) is 0 Å². The van der Waals surface area contributed by atoms with E-state index in [9.17, 15) is 23.8 Å². The van der Waals surface area contributed by atoms with Gasteiger partial charge in [-0.3, -0.25) is 14.2 Å². The number of hydrogen-bond donors (Lipinski definition) is 1. The maximum atomic E-state index is 12.7. The van der Waals surface area contributed by atoms with Gasteiger partial charge in [-0.15, -0.1) is 0 Å². The molecule has 0 aliphatic rings. The van der Waals surface area contributed by atoms with Crippen LogP contribution in [0.2, 0.25) is 0 Å². The Morgan fingerprint density at radius 2 is 0.809 bits per heavy atom. The van der Waals surface area contributed by atoms with Crippen LogP contribution in [0, 0.1) is 0 Å². The van der Waals surface area contributed by atoms with E-state index >= 15 is 0 Å². The van der Waals surface area contributed by atoms with Crippen molar-refractivity contribution >= 4 is 25.9 Å². The molecule has 1 amide bonds. The van der Waals surface area contributed by atoms with E-state index in [0.29, 0.717) is 92.1 Å². The fourth-order valence-electron chi connectivity index (χ4n) is 6.60. The van der Waals surface area contributed by atoms with Crippen molar-refractivity contribution in [3.63, 3.8) is 0 Å². The molecule has 0 aliphatic heterocycles. The second-order valence-corrected chi connectivity index (χ2v) is 18.1. The summed E-state index contributed by atoms with van der Waals surface area (Å²) in [5.74, 6) is -0.966. The molecule has 0 aromatic carbocycles. The second kappa shape index (κ2) is 52.9. The Kier molecular flexibility index (Phi) is 51.3. The first-order chi connectivity index (χ1) is 33.2. The molecule has 0 rings (SSSR count). The van der Waals surface area contributed by atoms with Crippen LogP contribution in [0.25, 0.3) is 0 Å². The van der Waals surface area contributed by atoms with E-state index in [0.717, 1.165) is 38.5 Å². The van der Waals surface area contributed by atoms with Gasteiger partial charge in [-0.25, -0.2) is 4.79 Å². The van der Waals surface area contributed by atoms with Crippen molar-refractivity contribution in [1.82, 2.24) is 5.32 Å². The molecule has 0 saturated carbocycles. The highest BCUT2D eigenvalue weighted by Gasteiger charge is 2.21. The summed E-state index contributed by atoms with van der Waals surface area (Å²) >= 11 is 0. The van der Waals surface area contributed by atoms with Gasteiger partial charge in [0.15, 0.2) is 6.10 Å². The van der Waals surface area contributed by atoms with Gasteiger partial charge in [0.2, 0.25) is 0 Å². The summed E-state index contributed by atoms with van der Waals surface area (Å²) < 4.78 is 75.6. The average molecular weight is 1000 g/mol. The van der Waals surface area contributed by atoms with Gasteiger partial charge in [-0.2, -0.15) is 0 Å². The van der Waals surface area contributed by atoms with E-state index in [-0.39, 0.29) is 39.2 Å². The van der Waals surface area contributed by atoms with Gasteiger partial charge in [0, 0.05) is 26.5 Å². The van der Waals surface area contributed by atoms with Crippen LogP contribution in [0.3, 0.4) is 0 Å². The molecular weight excluding hydrogens is 906 g/mol. The molecule has 0 aliphatic carbocycles. The molecule has 0 radical (unpaired) electrons. The lowest BCUT2D eigenvalue weighted by Crippen LogP contribution is -2.31. The van der Waals surface area contributed by atoms with Crippen LogP contribution in [0.5, 0.6) is 0 Å². The molecule has 0 saturated heterocycles. The quantitative estimate of drug-likeness (QED) is 0.0261. The first-order valence-electron chi connectivity index (χ1n) is 26.0.